The predicted molar refractivity (Wildman–Crippen MR) is 85.4 cm³/mol. The van der Waals surface area contributed by atoms with Crippen LogP contribution in [-0.4, -0.2) is 29.1 Å². The Labute approximate surface area is 132 Å². The summed E-state index contributed by atoms with van der Waals surface area (Å²) in [4.78, 5) is 16.7. The minimum atomic E-state index is -0.287. The number of aromatic nitrogens is 2. The topological polar surface area (TPSA) is 53.4 Å². The van der Waals surface area contributed by atoms with E-state index < -0.39 is 0 Å². The number of fused-ring (bicyclic) bond motifs is 1. The van der Waals surface area contributed by atoms with Crippen molar-refractivity contribution in [3.05, 3.63) is 39.4 Å². The van der Waals surface area contributed by atoms with E-state index in [1.54, 1.807) is 17.0 Å². The van der Waals surface area contributed by atoms with E-state index in [4.69, 9.17) is 9.47 Å². The maximum absolute atomic E-state index is 12.4. The van der Waals surface area contributed by atoms with Crippen LogP contribution in [0, 0.1) is 0 Å². The molecule has 0 saturated carbocycles. The van der Waals surface area contributed by atoms with Crippen molar-refractivity contribution in [1.82, 2.24) is 9.55 Å². The molecule has 114 valence electrons. The van der Waals surface area contributed by atoms with Gasteiger partial charge in [0.2, 0.25) is 0 Å². The first-order valence-electron chi connectivity index (χ1n) is 7.03. The monoisotopic (exact) mass is 354 g/mol. The number of benzene rings is 1. The highest BCUT2D eigenvalue weighted by Crippen LogP contribution is 2.15. The molecular formula is C15H19BrN2O3. The van der Waals surface area contributed by atoms with Crippen molar-refractivity contribution in [3.8, 4) is 0 Å². The summed E-state index contributed by atoms with van der Waals surface area (Å²) in [5.74, 6) is 0. The predicted octanol–water partition coefficient (Wildman–Crippen LogP) is 2.95. The zero-order valence-corrected chi connectivity index (χ0v) is 13.8. The molecule has 0 aliphatic heterocycles. The van der Waals surface area contributed by atoms with Crippen LogP contribution < -0.4 is 5.56 Å². The third-order valence-corrected chi connectivity index (χ3v) is 3.59. The maximum Gasteiger partial charge on any atom is 0.261 e. The first kappa shape index (κ1) is 16.1. The zero-order chi connectivity index (χ0) is 15.2. The normalized spacial score (nSPS) is 11.4. The third-order valence-electron chi connectivity index (χ3n) is 3.10. The van der Waals surface area contributed by atoms with Crippen molar-refractivity contribution in [2.75, 3.05) is 13.2 Å². The number of hydrogen-bond acceptors (Lipinski definition) is 4. The van der Waals surface area contributed by atoms with Gasteiger partial charge in [0.25, 0.3) is 5.56 Å². The summed E-state index contributed by atoms with van der Waals surface area (Å²) in [5.41, 5.74) is 0.652. The van der Waals surface area contributed by atoms with Gasteiger partial charge in [-0.2, -0.15) is 0 Å². The summed E-state index contributed by atoms with van der Waals surface area (Å²) >= 11 is 3.38. The minimum Gasteiger partial charge on any atom is -0.353 e. The Morgan fingerprint density at radius 1 is 1.29 bits per heavy atom. The van der Waals surface area contributed by atoms with Gasteiger partial charge in [-0.15, -0.1) is 0 Å². The van der Waals surface area contributed by atoms with E-state index in [-0.39, 0.29) is 11.8 Å². The molecule has 0 atom stereocenters. The van der Waals surface area contributed by atoms with E-state index in [2.05, 4.69) is 20.9 Å². The molecule has 2 aromatic rings. The zero-order valence-electron chi connectivity index (χ0n) is 12.2. The van der Waals surface area contributed by atoms with Crippen molar-refractivity contribution in [3.63, 3.8) is 0 Å². The van der Waals surface area contributed by atoms with E-state index in [0.717, 1.165) is 4.47 Å². The number of hydrogen-bond donors (Lipinski definition) is 0. The summed E-state index contributed by atoms with van der Waals surface area (Å²) in [7, 11) is 0. The lowest BCUT2D eigenvalue weighted by Gasteiger charge is -2.17. The lowest BCUT2D eigenvalue weighted by Crippen LogP contribution is -2.25. The Hall–Kier alpha value is -1.24. The molecule has 1 aromatic heterocycles. The molecule has 0 spiro atoms. The summed E-state index contributed by atoms with van der Waals surface area (Å²) in [5, 5.41) is 0.608. The average molecular weight is 355 g/mol. The van der Waals surface area contributed by atoms with Crippen molar-refractivity contribution in [2.24, 2.45) is 0 Å². The van der Waals surface area contributed by atoms with Crippen LogP contribution in [0.25, 0.3) is 10.9 Å². The first-order valence-corrected chi connectivity index (χ1v) is 7.83. The van der Waals surface area contributed by atoms with Crippen LogP contribution in [0.3, 0.4) is 0 Å². The van der Waals surface area contributed by atoms with E-state index >= 15 is 0 Å². The van der Waals surface area contributed by atoms with Crippen molar-refractivity contribution in [2.45, 2.75) is 33.1 Å². The SMILES string of the molecule is CCOC(CCn1cnc2ccc(Br)cc2c1=O)OCC. The fraction of sp³-hybridized carbons (Fsp3) is 0.467. The molecule has 1 aromatic carbocycles. The second-order valence-electron chi connectivity index (χ2n) is 4.53. The molecule has 6 heteroatoms. The Morgan fingerprint density at radius 3 is 2.67 bits per heavy atom. The highest BCUT2D eigenvalue weighted by molar-refractivity contribution is 9.10. The van der Waals surface area contributed by atoms with Gasteiger partial charge < -0.3 is 9.47 Å². The van der Waals surface area contributed by atoms with Gasteiger partial charge in [-0.3, -0.25) is 9.36 Å². The van der Waals surface area contributed by atoms with Gasteiger partial charge in [-0.25, -0.2) is 4.98 Å². The highest BCUT2D eigenvalue weighted by atomic mass is 79.9. The molecule has 0 aliphatic rings. The van der Waals surface area contributed by atoms with Crippen LogP contribution in [-0.2, 0) is 16.0 Å². The smallest absolute Gasteiger partial charge is 0.261 e. The van der Waals surface area contributed by atoms with Crippen LogP contribution in [0.2, 0.25) is 0 Å². The number of halogens is 1. The fourth-order valence-electron chi connectivity index (χ4n) is 2.12. The molecule has 0 radical (unpaired) electrons. The van der Waals surface area contributed by atoms with Crippen LogP contribution in [0.4, 0.5) is 0 Å². The van der Waals surface area contributed by atoms with Crippen LogP contribution in [0.5, 0.6) is 0 Å². The summed E-state index contributed by atoms with van der Waals surface area (Å²) in [6, 6.07) is 5.50. The van der Waals surface area contributed by atoms with Gasteiger partial charge in [0, 0.05) is 30.7 Å². The molecule has 21 heavy (non-hydrogen) atoms. The molecule has 0 bridgehead atoms. The second-order valence-corrected chi connectivity index (χ2v) is 5.45. The number of rotatable bonds is 7. The number of ether oxygens (including phenoxy) is 2. The van der Waals surface area contributed by atoms with Crippen molar-refractivity contribution < 1.29 is 9.47 Å². The summed E-state index contributed by atoms with van der Waals surface area (Å²) in [6.45, 7) is 5.53. The summed E-state index contributed by atoms with van der Waals surface area (Å²) < 4.78 is 13.4. The average Bonchev–Trinajstić information content (AvgIpc) is 2.47. The standard InChI is InChI=1S/C15H19BrN2O3/c1-3-20-14(21-4-2)7-8-18-10-17-13-6-5-11(16)9-12(13)15(18)19/h5-6,9-10,14H,3-4,7-8H2,1-2H3. The summed E-state index contributed by atoms with van der Waals surface area (Å²) in [6.07, 6.45) is 1.90. The lowest BCUT2D eigenvalue weighted by atomic mass is 10.2. The van der Waals surface area contributed by atoms with E-state index in [1.807, 2.05) is 26.0 Å². The van der Waals surface area contributed by atoms with Gasteiger partial charge >= 0.3 is 0 Å². The quantitative estimate of drug-likeness (QED) is 0.717. The molecule has 1 heterocycles. The number of aryl methyl sites for hydroxylation is 1. The molecule has 0 fully saturated rings. The molecule has 0 amide bonds. The lowest BCUT2D eigenvalue weighted by molar-refractivity contribution is -0.141. The van der Waals surface area contributed by atoms with Gasteiger partial charge in [0.05, 0.1) is 17.2 Å². The molecule has 5 nitrogen and oxygen atoms in total. The van der Waals surface area contributed by atoms with Crippen LogP contribution in [0.1, 0.15) is 20.3 Å². The van der Waals surface area contributed by atoms with Crippen LogP contribution >= 0.6 is 15.9 Å². The molecule has 0 N–H and O–H groups in total. The molecular weight excluding hydrogens is 336 g/mol. The van der Waals surface area contributed by atoms with Gasteiger partial charge in [-0.1, -0.05) is 15.9 Å². The van der Waals surface area contributed by atoms with Crippen molar-refractivity contribution in [1.29, 1.82) is 0 Å². The Bertz CT molecular complexity index is 651. The third kappa shape index (κ3) is 4.12. The van der Waals surface area contributed by atoms with Crippen molar-refractivity contribution >= 4 is 26.8 Å². The van der Waals surface area contributed by atoms with Gasteiger partial charge in [-0.05, 0) is 32.0 Å². The second kappa shape index (κ2) is 7.68. The molecule has 2 rings (SSSR count). The van der Waals surface area contributed by atoms with Gasteiger partial charge in [0.1, 0.15) is 0 Å². The first-order chi connectivity index (χ1) is 10.2. The Kier molecular flexibility index (Phi) is 5.90. The molecule has 0 saturated heterocycles. The highest BCUT2D eigenvalue weighted by Gasteiger charge is 2.10. The Balaban J connectivity index is 2.18. The fourth-order valence-corrected chi connectivity index (χ4v) is 2.48. The van der Waals surface area contributed by atoms with E-state index in [1.165, 1.54) is 0 Å². The van der Waals surface area contributed by atoms with E-state index in [9.17, 15) is 4.79 Å². The van der Waals surface area contributed by atoms with Crippen LogP contribution in [0.15, 0.2) is 33.8 Å². The van der Waals surface area contributed by atoms with E-state index in [0.29, 0.717) is 37.1 Å². The Morgan fingerprint density at radius 2 is 2.00 bits per heavy atom. The maximum atomic E-state index is 12.4. The number of nitrogens with zero attached hydrogens (tertiary/aromatic N) is 2. The molecule has 0 unspecified atom stereocenters. The van der Waals surface area contributed by atoms with Gasteiger partial charge in [0.15, 0.2) is 6.29 Å². The molecule has 0 aliphatic carbocycles. The minimum absolute atomic E-state index is 0.0481. The largest absolute Gasteiger partial charge is 0.353 e.